The third-order valence-electron chi connectivity index (χ3n) is 1.95. The van der Waals surface area contributed by atoms with Gasteiger partial charge in [-0.1, -0.05) is 19.3 Å². The zero-order chi connectivity index (χ0) is 11.2. The SMILES string of the molecule is NC1(N)CCCCC1.O=C([O-])C(=O)[O-].[Pt+2]. The molecule has 0 atom stereocenters. The summed E-state index contributed by atoms with van der Waals surface area (Å²) in [5, 5.41) is 17.9. The first kappa shape index (κ1) is 17.0. The predicted octanol–water partition coefficient (Wildman–Crippen LogP) is -2.95. The van der Waals surface area contributed by atoms with Crippen LogP contribution < -0.4 is 21.7 Å². The second kappa shape index (κ2) is 7.79. The quantitative estimate of drug-likeness (QED) is 0.332. The van der Waals surface area contributed by atoms with Crippen LogP contribution in [0.2, 0.25) is 0 Å². The molecule has 7 heteroatoms. The molecule has 90 valence electrons. The number of hydrogen-bond donors (Lipinski definition) is 2. The van der Waals surface area contributed by atoms with Gasteiger partial charge in [-0.25, -0.2) is 0 Å². The minimum atomic E-state index is -2.19. The summed E-state index contributed by atoms with van der Waals surface area (Å²) in [5.74, 6) is -4.37. The van der Waals surface area contributed by atoms with Gasteiger partial charge in [0.25, 0.3) is 0 Å². The maximum absolute atomic E-state index is 8.93. The fourth-order valence-corrected chi connectivity index (χ4v) is 1.21. The van der Waals surface area contributed by atoms with Gasteiger partial charge < -0.3 is 31.3 Å². The average Bonchev–Trinajstić information content (AvgIpc) is 2.04. The number of aliphatic carboxylic acids is 2. The standard InChI is InChI=1S/C6H14N2.C2H2O4.Pt/c7-6(8)4-2-1-3-5-6;3-1(4)2(5)6;/h1-5,7-8H2;(H,3,4)(H,5,6);/q;;+2/p-2. The molecule has 0 heterocycles. The fourth-order valence-electron chi connectivity index (χ4n) is 1.21. The Morgan fingerprint density at radius 1 is 0.933 bits per heavy atom. The first-order valence-electron chi connectivity index (χ1n) is 4.35. The van der Waals surface area contributed by atoms with Crippen LogP contribution in [0.4, 0.5) is 0 Å². The van der Waals surface area contributed by atoms with Crippen LogP contribution in [0.5, 0.6) is 0 Å². The van der Waals surface area contributed by atoms with Crippen molar-refractivity contribution in [3.63, 3.8) is 0 Å². The predicted molar refractivity (Wildman–Crippen MR) is 44.2 cm³/mol. The summed E-state index contributed by atoms with van der Waals surface area (Å²) in [5.41, 5.74) is 11.0. The van der Waals surface area contributed by atoms with E-state index in [1.165, 1.54) is 19.3 Å². The molecule has 0 saturated heterocycles. The van der Waals surface area contributed by atoms with E-state index in [4.69, 9.17) is 31.3 Å². The molecule has 1 rings (SSSR count). The molecule has 15 heavy (non-hydrogen) atoms. The van der Waals surface area contributed by atoms with Crippen molar-refractivity contribution in [2.75, 3.05) is 0 Å². The number of nitrogens with two attached hydrogens (primary N) is 2. The van der Waals surface area contributed by atoms with E-state index >= 15 is 0 Å². The summed E-state index contributed by atoms with van der Waals surface area (Å²) < 4.78 is 0. The van der Waals surface area contributed by atoms with E-state index in [-0.39, 0.29) is 26.7 Å². The third kappa shape index (κ3) is 9.84. The fraction of sp³-hybridized carbons (Fsp3) is 0.750. The normalized spacial score (nSPS) is 17.7. The topological polar surface area (TPSA) is 132 Å². The maximum Gasteiger partial charge on any atom is 2.00 e. The van der Waals surface area contributed by atoms with Crippen LogP contribution in [-0.2, 0) is 30.7 Å². The van der Waals surface area contributed by atoms with Gasteiger partial charge in [0.05, 0.1) is 17.6 Å². The van der Waals surface area contributed by atoms with Crippen LogP contribution >= 0.6 is 0 Å². The minimum absolute atomic E-state index is 0. The number of carbonyl (C=O) groups is 2. The third-order valence-corrected chi connectivity index (χ3v) is 1.95. The Bertz CT molecular complexity index is 201. The van der Waals surface area contributed by atoms with Crippen molar-refractivity contribution in [1.82, 2.24) is 0 Å². The molecule has 1 aliphatic rings. The van der Waals surface area contributed by atoms with Crippen molar-refractivity contribution in [1.29, 1.82) is 0 Å². The van der Waals surface area contributed by atoms with Gasteiger partial charge in [-0.15, -0.1) is 0 Å². The summed E-state index contributed by atoms with van der Waals surface area (Å²) in [7, 11) is 0. The average molecular weight is 397 g/mol. The van der Waals surface area contributed by atoms with Crippen molar-refractivity contribution in [2.45, 2.75) is 37.8 Å². The van der Waals surface area contributed by atoms with Gasteiger partial charge >= 0.3 is 21.1 Å². The summed E-state index contributed by atoms with van der Waals surface area (Å²) >= 11 is 0. The monoisotopic (exact) mass is 397 g/mol. The first-order valence-corrected chi connectivity index (χ1v) is 4.35. The molecule has 0 radical (unpaired) electrons. The van der Waals surface area contributed by atoms with E-state index in [1.54, 1.807) is 0 Å². The Balaban J connectivity index is 0. The van der Waals surface area contributed by atoms with Crippen LogP contribution in [0.25, 0.3) is 0 Å². The molecular weight excluding hydrogens is 383 g/mol. The van der Waals surface area contributed by atoms with Gasteiger partial charge in [0.1, 0.15) is 0 Å². The van der Waals surface area contributed by atoms with E-state index in [1.807, 2.05) is 0 Å². The molecule has 1 aliphatic carbocycles. The van der Waals surface area contributed by atoms with Gasteiger partial charge in [-0.2, -0.15) is 0 Å². The van der Waals surface area contributed by atoms with Crippen molar-refractivity contribution in [3.05, 3.63) is 0 Å². The van der Waals surface area contributed by atoms with Crippen molar-refractivity contribution in [2.24, 2.45) is 11.5 Å². The van der Waals surface area contributed by atoms with Gasteiger partial charge in [-0.05, 0) is 12.8 Å². The van der Waals surface area contributed by atoms with Gasteiger partial charge in [0.2, 0.25) is 0 Å². The summed E-state index contributed by atoms with van der Waals surface area (Å²) in [6.07, 6.45) is 5.76. The molecule has 0 aliphatic heterocycles. The first-order chi connectivity index (χ1) is 6.35. The molecule has 0 bridgehead atoms. The summed E-state index contributed by atoms with van der Waals surface area (Å²) in [4.78, 5) is 17.9. The molecule has 6 nitrogen and oxygen atoms in total. The second-order valence-electron chi connectivity index (χ2n) is 3.37. The van der Waals surface area contributed by atoms with E-state index in [0.29, 0.717) is 0 Å². The van der Waals surface area contributed by atoms with Crippen molar-refractivity contribution < 1.29 is 40.9 Å². The number of carbonyl (C=O) groups excluding carboxylic acids is 2. The van der Waals surface area contributed by atoms with E-state index in [2.05, 4.69) is 0 Å². The Morgan fingerprint density at radius 3 is 1.40 bits per heavy atom. The molecule has 0 amide bonds. The smallest absolute Gasteiger partial charge is 0.543 e. The van der Waals surface area contributed by atoms with Crippen LogP contribution in [0.15, 0.2) is 0 Å². The molecule has 4 N–H and O–H groups in total. The minimum Gasteiger partial charge on any atom is -0.543 e. The Labute approximate surface area is 102 Å². The molecule has 0 aromatic heterocycles. The van der Waals surface area contributed by atoms with Crippen LogP contribution in [0.1, 0.15) is 32.1 Å². The van der Waals surface area contributed by atoms with E-state index in [0.717, 1.165) is 12.8 Å². The Morgan fingerprint density at radius 2 is 1.27 bits per heavy atom. The van der Waals surface area contributed by atoms with Crippen molar-refractivity contribution >= 4 is 11.9 Å². The molecule has 0 spiro atoms. The van der Waals surface area contributed by atoms with Crippen LogP contribution in [0, 0.1) is 0 Å². The van der Waals surface area contributed by atoms with Crippen molar-refractivity contribution in [3.8, 4) is 0 Å². The van der Waals surface area contributed by atoms with Crippen LogP contribution in [0.3, 0.4) is 0 Å². The molecule has 0 unspecified atom stereocenters. The number of rotatable bonds is 0. The van der Waals surface area contributed by atoms with Crippen LogP contribution in [-0.4, -0.2) is 17.6 Å². The van der Waals surface area contributed by atoms with Gasteiger partial charge in [0.15, 0.2) is 0 Å². The Hall–Kier alpha value is -0.452. The molecule has 1 fully saturated rings. The zero-order valence-corrected chi connectivity index (χ0v) is 10.4. The molecule has 0 aromatic carbocycles. The second-order valence-corrected chi connectivity index (χ2v) is 3.37. The molecule has 0 aromatic rings. The molecule has 1 saturated carbocycles. The number of hydrogen-bond acceptors (Lipinski definition) is 6. The number of carboxylic acid groups (broad SMARTS) is 2. The van der Waals surface area contributed by atoms with E-state index < -0.39 is 11.9 Å². The maximum atomic E-state index is 8.93. The number of carboxylic acids is 2. The largest absolute Gasteiger partial charge is 2.00 e. The van der Waals surface area contributed by atoms with E-state index in [9.17, 15) is 0 Å². The van der Waals surface area contributed by atoms with Gasteiger partial charge in [-0.3, -0.25) is 0 Å². The zero-order valence-electron chi connectivity index (χ0n) is 8.14. The van der Waals surface area contributed by atoms with Gasteiger partial charge in [0, 0.05) is 0 Å². The Kier molecular flexibility index (Phi) is 8.81. The molecular formula is C8H14N2O4Pt. The summed E-state index contributed by atoms with van der Waals surface area (Å²) in [6, 6.07) is 0. The summed E-state index contributed by atoms with van der Waals surface area (Å²) in [6.45, 7) is 0.